The number of nitrogen functional groups attached to an aromatic ring is 1. The fourth-order valence-corrected chi connectivity index (χ4v) is 2.38. The third-order valence-corrected chi connectivity index (χ3v) is 3.58. The molecule has 3 rings (SSSR count). The maximum atomic E-state index is 11.9. The lowest BCUT2D eigenvalue weighted by Crippen LogP contribution is -2.08. The molecule has 0 saturated carbocycles. The molecule has 124 valence electrons. The van der Waals surface area contributed by atoms with Gasteiger partial charge in [-0.05, 0) is 36.4 Å². The normalized spacial score (nSPS) is 10.9. The van der Waals surface area contributed by atoms with Crippen molar-refractivity contribution in [3.05, 3.63) is 54.6 Å². The number of anilines is 1. The lowest BCUT2D eigenvalue weighted by molar-refractivity contribution is 0.0897. The van der Waals surface area contributed by atoms with Gasteiger partial charge < -0.3 is 15.2 Å². The van der Waals surface area contributed by atoms with E-state index in [0.717, 1.165) is 33.6 Å². The second-order valence-electron chi connectivity index (χ2n) is 5.32. The van der Waals surface area contributed by atoms with Gasteiger partial charge >= 0.3 is 0 Å². The number of benzene rings is 2. The first-order valence-corrected chi connectivity index (χ1v) is 7.79. The number of rotatable bonds is 7. The molecule has 0 bridgehead atoms. The van der Waals surface area contributed by atoms with E-state index >= 15 is 0 Å². The molecule has 3 aromatic rings. The molecule has 0 aliphatic rings. The molecule has 2 aromatic carbocycles. The first kappa shape index (κ1) is 16.2. The van der Waals surface area contributed by atoms with Crippen LogP contribution in [0, 0.1) is 0 Å². The lowest BCUT2D eigenvalue weighted by atomic mass is 10.1. The van der Waals surface area contributed by atoms with Gasteiger partial charge in [0.15, 0.2) is 0 Å². The van der Waals surface area contributed by atoms with Gasteiger partial charge in [-0.1, -0.05) is 18.2 Å². The number of ether oxygens (including phenoxy) is 2. The maximum absolute atomic E-state index is 11.9. The summed E-state index contributed by atoms with van der Waals surface area (Å²) in [6.45, 7) is 0.398. The highest BCUT2D eigenvalue weighted by atomic mass is 18.2. The van der Waals surface area contributed by atoms with Crippen molar-refractivity contribution in [3.8, 4) is 17.0 Å². The van der Waals surface area contributed by atoms with Crippen molar-refractivity contribution in [1.29, 1.82) is 0 Å². The Bertz CT molecular complexity index is 806. The average Bonchev–Trinajstić information content (AvgIpc) is 2.62. The Hall–Kier alpha value is -2.66. The van der Waals surface area contributed by atoms with Gasteiger partial charge in [-0.25, -0.2) is 9.37 Å². The summed E-state index contributed by atoms with van der Waals surface area (Å²) in [5, 5.41) is 0.997. The van der Waals surface area contributed by atoms with Crippen LogP contribution in [0.2, 0.25) is 0 Å². The molecule has 1 aromatic heterocycles. The Balaban J connectivity index is 1.72. The van der Waals surface area contributed by atoms with Crippen molar-refractivity contribution in [2.24, 2.45) is 0 Å². The largest absolute Gasteiger partial charge is 0.491 e. The number of alkyl halides is 1. The zero-order chi connectivity index (χ0) is 16.8. The fraction of sp³-hybridized carbons (Fsp3) is 0.211. The van der Waals surface area contributed by atoms with Gasteiger partial charge in [-0.3, -0.25) is 0 Å². The summed E-state index contributed by atoms with van der Waals surface area (Å²) in [6.07, 6.45) is 0. The molecular formula is C19H19FN2O2. The zero-order valence-corrected chi connectivity index (χ0v) is 13.2. The fourth-order valence-electron chi connectivity index (χ4n) is 2.38. The minimum atomic E-state index is -0.474. The van der Waals surface area contributed by atoms with Gasteiger partial charge in [-0.15, -0.1) is 0 Å². The molecule has 5 heteroatoms. The number of fused-ring (bicyclic) bond motifs is 1. The maximum Gasteiger partial charge on any atom is 0.120 e. The molecule has 0 atom stereocenters. The second-order valence-corrected chi connectivity index (χ2v) is 5.32. The van der Waals surface area contributed by atoms with Gasteiger partial charge in [0.2, 0.25) is 0 Å². The number of halogens is 1. The Morgan fingerprint density at radius 2 is 1.75 bits per heavy atom. The highest BCUT2D eigenvalue weighted by Crippen LogP contribution is 2.24. The van der Waals surface area contributed by atoms with E-state index in [1.807, 2.05) is 54.6 Å². The molecule has 0 saturated heterocycles. The van der Waals surface area contributed by atoms with Crippen LogP contribution in [0.5, 0.6) is 5.75 Å². The smallest absolute Gasteiger partial charge is 0.120 e. The van der Waals surface area contributed by atoms with Crippen LogP contribution >= 0.6 is 0 Å². The van der Waals surface area contributed by atoms with Crippen molar-refractivity contribution in [3.63, 3.8) is 0 Å². The first-order chi connectivity index (χ1) is 11.8. The molecule has 0 amide bonds. The van der Waals surface area contributed by atoms with Crippen molar-refractivity contribution in [2.45, 2.75) is 0 Å². The monoisotopic (exact) mass is 325 g/mol. The van der Waals surface area contributed by atoms with E-state index in [1.165, 1.54) is 0 Å². The predicted octanol–water partition coefficient (Wildman–Crippen LogP) is 3.85. The summed E-state index contributed by atoms with van der Waals surface area (Å²) in [7, 11) is 0. The first-order valence-electron chi connectivity index (χ1n) is 7.79. The molecule has 2 N–H and O–H groups in total. The van der Waals surface area contributed by atoms with Crippen LogP contribution in [-0.2, 0) is 4.74 Å². The minimum absolute atomic E-state index is 0.110. The Morgan fingerprint density at radius 1 is 0.917 bits per heavy atom. The standard InChI is InChI=1S/C19H19FN2O2/c20-9-10-23-11-12-24-17-6-8-19-15(13-17)3-7-18(22-19)14-1-4-16(21)5-2-14/h1-8,13H,9-12,21H2/i20-1. The Labute approximate surface area is 140 Å². The third kappa shape index (κ3) is 4.00. The van der Waals surface area contributed by atoms with Crippen LogP contribution in [0.1, 0.15) is 0 Å². The topological polar surface area (TPSA) is 57.4 Å². The van der Waals surface area contributed by atoms with Crippen LogP contribution in [0.4, 0.5) is 10.1 Å². The number of nitrogens with two attached hydrogens (primary N) is 1. The highest BCUT2D eigenvalue weighted by Gasteiger charge is 2.03. The van der Waals surface area contributed by atoms with Crippen molar-refractivity contribution < 1.29 is 13.9 Å². The molecule has 0 fully saturated rings. The number of hydrogen-bond donors (Lipinski definition) is 1. The van der Waals surface area contributed by atoms with E-state index in [2.05, 4.69) is 4.98 Å². The Kier molecular flexibility index (Phi) is 5.23. The molecule has 24 heavy (non-hydrogen) atoms. The van der Waals surface area contributed by atoms with E-state index in [1.54, 1.807) is 0 Å². The predicted molar refractivity (Wildman–Crippen MR) is 93.9 cm³/mol. The summed E-state index contributed by atoms with van der Waals surface area (Å²) in [6, 6.07) is 17.4. The number of nitrogens with zero attached hydrogens (tertiary/aromatic N) is 1. The second kappa shape index (κ2) is 7.75. The summed E-state index contributed by atoms with van der Waals surface area (Å²) in [5.74, 6) is 0.744. The lowest BCUT2D eigenvalue weighted by Gasteiger charge is -2.08. The van der Waals surface area contributed by atoms with E-state index in [9.17, 15) is 4.39 Å². The summed E-state index contributed by atoms with van der Waals surface area (Å²) in [5.41, 5.74) is 9.27. The van der Waals surface area contributed by atoms with Crippen LogP contribution in [0.3, 0.4) is 0 Å². The van der Waals surface area contributed by atoms with Crippen LogP contribution in [0.15, 0.2) is 54.6 Å². The van der Waals surface area contributed by atoms with Crippen molar-refractivity contribution in [1.82, 2.24) is 4.98 Å². The molecule has 0 unspecified atom stereocenters. The highest BCUT2D eigenvalue weighted by molar-refractivity contribution is 5.83. The van der Waals surface area contributed by atoms with Gasteiger partial charge in [0.05, 0.1) is 24.4 Å². The van der Waals surface area contributed by atoms with Gasteiger partial charge in [0.25, 0.3) is 0 Å². The summed E-state index contributed by atoms with van der Waals surface area (Å²) in [4.78, 5) is 4.67. The third-order valence-electron chi connectivity index (χ3n) is 3.58. The number of pyridine rings is 1. The summed E-state index contributed by atoms with van der Waals surface area (Å²) >= 11 is 0. The molecule has 0 spiro atoms. The van der Waals surface area contributed by atoms with E-state index in [0.29, 0.717) is 13.2 Å². The van der Waals surface area contributed by atoms with E-state index in [-0.39, 0.29) is 6.61 Å². The van der Waals surface area contributed by atoms with Crippen LogP contribution in [-0.4, -0.2) is 31.5 Å². The molecule has 1 heterocycles. The average molecular weight is 325 g/mol. The van der Waals surface area contributed by atoms with E-state index < -0.39 is 6.67 Å². The molecule has 0 aliphatic heterocycles. The Morgan fingerprint density at radius 3 is 2.54 bits per heavy atom. The minimum Gasteiger partial charge on any atom is -0.491 e. The van der Waals surface area contributed by atoms with Crippen molar-refractivity contribution in [2.75, 3.05) is 32.2 Å². The molecule has 0 radical (unpaired) electrons. The zero-order valence-electron chi connectivity index (χ0n) is 13.2. The van der Waals surface area contributed by atoms with E-state index in [4.69, 9.17) is 15.2 Å². The molecular weight excluding hydrogens is 306 g/mol. The van der Waals surface area contributed by atoms with Crippen LogP contribution < -0.4 is 10.5 Å². The molecule has 4 nitrogen and oxygen atoms in total. The number of aromatic nitrogens is 1. The van der Waals surface area contributed by atoms with Crippen molar-refractivity contribution >= 4 is 16.6 Å². The van der Waals surface area contributed by atoms with Crippen LogP contribution in [0.25, 0.3) is 22.2 Å². The number of hydrogen-bond acceptors (Lipinski definition) is 4. The van der Waals surface area contributed by atoms with Gasteiger partial charge in [0, 0.05) is 16.6 Å². The van der Waals surface area contributed by atoms with Gasteiger partial charge in [-0.2, -0.15) is 0 Å². The molecule has 0 aliphatic carbocycles. The quantitative estimate of drug-likeness (QED) is 0.529. The SMILES string of the molecule is Nc1ccc(-c2ccc3cc(OCCOCC[18F])ccc3n2)cc1. The van der Waals surface area contributed by atoms with Gasteiger partial charge in [0.1, 0.15) is 19.0 Å². The summed E-state index contributed by atoms with van der Waals surface area (Å²) < 4.78 is 22.6.